The molecule has 0 fully saturated rings. The third kappa shape index (κ3) is 6.69. The fraction of sp³-hybridized carbons (Fsp3) is 0.259. The van der Waals surface area contributed by atoms with Gasteiger partial charge in [-0.05, 0) is 30.3 Å². The van der Waals surface area contributed by atoms with Gasteiger partial charge >= 0.3 is 0 Å². The zero-order valence-corrected chi connectivity index (χ0v) is 25.4. The minimum atomic E-state index is -4.31. The molecule has 0 saturated carbocycles. The first kappa shape index (κ1) is 31.2. The fourth-order valence-electron chi connectivity index (χ4n) is 4.29. The topological polar surface area (TPSA) is 185 Å². The summed E-state index contributed by atoms with van der Waals surface area (Å²) in [5, 5.41) is 17.6. The second-order valence-corrected chi connectivity index (χ2v) is 12.8. The summed E-state index contributed by atoms with van der Waals surface area (Å²) in [7, 11) is -2.57. The van der Waals surface area contributed by atoms with Crippen molar-refractivity contribution in [3.05, 3.63) is 65.7 Å². The van der Waals surface area contributed by atoms with Gasteiger partial charge in [-0.2, -0.15) is 5.26 Å². The van der Waals surface area contributed by atoms with Gasteiger partial charge in [-0.3, -0.25) is 9.29 Å². The van der Waals surface area contributed by atoms with Crippen molar-refractivity contribution in [3.63, 3.8) is 0 Å². The Bertz CT molecular complexity index is 1880. The highest BCUT2D eigenvalue weighted by atomic mass is 32.2. The summed E-state index contributed by atoms with van der Waals surface area (Å²) >= 11 is 0. The molecule has 0 bridgehead atoms. The number of ether oxygens (including phenoxy) is 4. The summed E-state index contributed by atoms with van der Waals surface area (Å²) < 4.78 is 77.8. The standard InChI is InChI=1S/C27H28N6O8S2/c1-38-20-9-7-10-21(39-2)25(20)33-26(19-8-6-11-24(29-19)41-4)30-31-27(33)32-43(36,37)16-22(40-3)18-13-12-17(15-28)14-23(18)42(5,34)35/h6-14,22H,16H2,1-5H3,(H,31,32)/t22-/m1/s1. The van der Waals surface area contributed by atoms with E-state index in [0.717, 1.165) is 6.26 Å². The van der Waals surface area contributed by atoms with Crippen LogP contribution in [0.5, 0.6) is 17.4 Å². The maximum atomic E-state index is 13.6. The van der Waals surface area contributed by atoms with Crippen LogP contribution in [0.1, 0.15) is 17.2 Å². The lowest BCUT2D eigenvalue weighted by atomic mass is 10.1. The van der Waals surface area contributed by atoms with Crippen LogP contribution >= 0.6 is 0 Å². The molecule has 226 valence electrons. The number of aromatic nitrogens is 4. The summed E-state index contributed by atoms with van der Waals surface area (Å²) in [4.78, 5) is 4.19. The molecular weight excluding hydrogens is 600 g/mol. The number of anilines is 1. The van der Waals surface area contributed by atoms with Crippen LogP contribution in [0.3, 0.4) is 0 Å². The number of rotatable bonds is 12. The predicted molar refractivity (Wildman–Crippen MR) is 156 cm³/mol. The van der Waals surface area contributed by atoms with E-state index in [1.165, 1.54) is 51.2 Å². The van der Waals surface area contributed by atoms with E-state index in [1.807, 2.05) is 6.07 Å². The third-order valence-electron chi connectivity index (χ3n) is 6.24. The smallest absolute Gasteiger partial charge is 0.243 e. The summed E-state index contributed by atoms with van der Waals surface area (Å²) in [6, 6.07) is 15.7. The van der Waals surface area contributed by atoms with Gasteiger partial charge in [-0.1, -0.05) is 18.2 Å². The van der Waals surface area contributed by atoms with Crippen LogP contribution in [0.25, 0.3) is 17.2 Å². The normalized spacial score (nSPS) is 12.3. The van der Waals surface area contributed by atoms with E-state index in [4.69, 9.17) is 18.9 Å². The second-order valence-electron chi connectivity index (χ2n) is 9.00. The average Bonchev–Trinajstić information content (AvgIpc) is 3.40. The number of para-hydroxylation sites is 1. The number of sulfone groups is 1. The van der Waals surface area contributed by atoms with Crippen molar-refractivity contribution in [1.29, 1.82) is 5.26 Å². The molecule has 14 nitrogen and oxygen atoms in total. The lowest BCUT2D eigenvalue weighted by Crippen LogP contribution is -2.25. The van der Waals surface area contributed by atoms with E-state index in [1.54, 1.807) is 36.4 Å². The Morgan fingerprint density at radius 2 is 1.60 bits per heavy atom. The average molecular weight is 629 g/mol. The van der Waals surface area contributed by atoms with Crippen LogP contribution in [0, 0.1) is 11.3 Å². The lowest BCUT2D eigenvalue weighted by molar-refractivity contribution is 0.119. The number of sulfonamides is 1. The maximum absolute atomic E-state index is 13.6. The predicted octanol–water partition coefficient (Wildman–Crippen LogP) is 2.76. The zero-order chi connectivity index (χ0) is 31.4. The van der Waals surface area contributed by atoms with E-state index in [9.17, 15) is 22.1 Å². The lowest BCUT2D eigenvalue weighted by Gasteiger charge is -2.20. The number of nitrogens with zero attached hydrogens (tertiary/aromatic N) is 5. The molecule has 2 heterocycles. The molecule has 1 atom stereocenters. The van der Waals surface area contributed by atoms with E-state index >= 15 is 0 Å². The molecular formula is C27H28N6O8S2. The Hall–Kier alpha value is -4.72. The summed E-state index contributed by atoms with van der Waals surface area (Å²) in [6.07, 6.45) is -0.268. The quantitative estimate of drug-likeness (QED) is 0.242. The van der Waals surface area contributed by atoms with Gasteiger partial charge in [0.1, 0.15) is 22.9 Å². The number of nitrogens with one attached hydrogen (secondary N) is 1. The van der Waals surface area contributed by atoms with Crippen LogP contribution in [0.4, 0.5) is 5.95 Å². The number of nitriles is 1. The highest BCUT2D eigenvalue weighted by molar-refractivity contribution is 7.92. The van der Waals surface area contributed by atoms with Gasteiger partial charge in [0, 0.05) is 25.0 Å². The molecule has 4 rings (SSSR count). The van der Waals surface area contributed by atoms with Crippen molar-refractivity contribution in [2.24, 2.45) is 0 Å². The number of methoxy groups -OCH3 is 4. The van der Waals surface area contributed by atoms with Crippen molar-refractivity contribution < 1.29 is 35.8 Å². The molecule has 0 radical (unpaired) electrons. The van der Waals surface area contributed by atoms with Gasteiger partial charge in [0.15, 0.2) is 15.7 Å². The number of pyridine rings is 1. The Kier molecular flexibility index (Phi) is 9.19. The van der Waals surface area contributed by atoms with Gasteiger partial charge in [0.05, 0.1) is 49.7 Å². The molecule has 0 saturated heterocycles. The molecule has 0 aliphatic carbocycles. The molecule has 43 heavy (non-hydrogen) atoms. The molecule has 2 aromatic carbocycles. The molecule has 0 amide bonds. The van der Waals surface area contributed by atoms with E-state index < -0.39 is 31.7 Å². The zero-order valence-electron chi connectivity index (χ0n) is 23.8. The Morgan fingerprint density at radius 3 is 2.19 bits per heavy atom. The van der Waals surface area contributed by atoms with Crippen molar-refractivity contribution in [2.45, 2.75) is 11.0 Å². The Balaban J connectivity index is 1.84. The molecule has 0 aliphatic heterocycles. The fourth-order valence-corrected chi connectivity index (χ4v) is 6.47. The highest BCUT2D eigenvalue weighted by Gasteiger charge is 2.30. The van der Waals surface area contributed by atoms with Crippen molar-refractivity contribution in [2.75, 3.05) is 45.2 Å². The molecule has 2 aromatic heterocycles. The molecule has 0 unspecified atom stereocenters. The van der Waals surface area contributed by atoms with Crippen LogP contribution in [0.2, 0.25) is 0 Å². The van der Waals surface area contributed by atoms with Gasteiger partial charge in [-0.25, -0.2) is 21.8 Å². The summed E-state index contributed by atoms with van der Waals surface area (Å²) in [5.41, 5.74) is 0.751. The SMILES string of the molecule is COc1cccc(-c2nnc(NS(=O)(=O)C[C@@H](OC)c3ccc(C#N)cc3S(C)(=O)=O)n2-c2c(OC)cccc2OC)n1. The largest absolute Gasteiger partial charge is 0.494 e. The monoisotopic (exact) mass is 628 g/mol. The molecule has 0 spiro atoms. The van der Waals surface area contributed by atoms with Crippen LogP contribution in [0.15, 0.2) is 59.5 Å². The van der Waals surface area contributed by atoms with Gasteiger partial charge in [-0.15, -0.1) is 10.2 Å². The molecule has 0 aliphatic rings. The highest BCUT2D eigenvalue weighted by Crippen LogP contribution is 2.38. The number of benzene rings is 2. The van der Waals surface area contributed by atoms with Crippen LogP contribution in [-0.4, -0.2) is 77.0 Å². The Morgan fingerprint density at radius 1 is 0.930 bits per heavy atom. The molecule has 1 N–H and O–H groups in total. The summed E-state index contributed by atoms with van der Waals surface area (Å²) in [6.45, 7) is 0. The van der Waals surface area contributed by atoms with Crippen LogP contribution in [-0.2, 0) is 24.6 Å². The first-order valence-corrected chi connectivity index (χ1v) is 16.0. The van der Waals surface area contributed by atoms with Gasteiger partial charge < -0.3 is 18.9 Å². The van der Waals surface area contributed by atoms with Gasteiger partial charge in [0.25, 0.3) is 0 Å². The van der Waals surface area contributed by atoms with Crippen molar-refractivity contribution in [1.82, 2.24) is 19.7 Å². The Labute approximate surface area is 248 Å². The molecule has 16 heteroatoms. The first-order valence-electron chi connectivity index (χ1n) is 12.4. The second kappa shape index (κ2) is 12.7. The van der Waals surface area contributed by atoms with E-state index in [2.05, 4.69) is 19.9 Å². The first-order chi connectivity index (χ1) is 20.5. The van der Waals surface area contributed by atoms with Gasteiger partial charge in [0.2, 0.25) is 21.9 Å². The number of hydrogen-bond acceptors (Lipinski definition) is 12. The minimum absolute atomic E-state index is 0.0727. The number of hydrogen-bond donors (Lipinski definition) is 1. The third-order valence-corrected chi connectivity index (χ3v) is 8.63. The van der Waals surface area contributed by atoms with Crippen molar-refractivity contribution in [3.8, 4) is 40.7 Å². The minimum Gasteiger partial charge on any atom is -0.494 e. The molecule has 4 aromatic rings. The summed E-state index contributed by atoms with van der Waals surface area (Å²) in [5.74, 6) is 0.103. The maximum Gasteiger partial charge on any atom is 0.243 e. The van der Waals surface area contributed by atoms with Crippen molar-refractivity contribution >= 4 is 25.8 Å². The van der Waals surface area contributed by atoms with E-state index in [-0.39, 0.29) is 39.4 Å². The van der Waals surface area contributed by atoms with Crippen LogP contribution < -0.4 is 18.9 Å². The van der Waals surface area contributed by atoms with E-state index in [0.29, 0.717) is 17.2 Å².